The van der Waals surface area contributed by atoms with Crippen molar-refractivity contribution in [1.29, 1.82) is 0 Å². The van der Waals surface area contributed by atoms with E-state index in [1.807, 2.05) is 43.2 Å². The maximum atomic E-state index is 13.4. The molecular weight excluding hydrogens is 472 g/mol. The zero-order valence-electron chi connectivity index (χ0n) is 21.6. The quantitative estimate of drug-likeness (QED) is 0.545. The topological polar surface area (TPSA) is 118 Å². The summed E-state index contributed by atoms with van der Waals surface area (Å²) in [5.41, 5.74) is 1.29. The lowest BCUT2D eigenvalue weighted by molar-refractivity contribution is -0.135. The number of aryl methyl sites for hydroxylation is 2. The van der Waals surface area contributed by atoms with Gasteiger partial charge in [0.25, 0.3) is 5.91 Å². The van der Waals surface area contributed by atoms with Gasteiger partial charge in [0.1, 0.15) is 12.4 Å². The fraction of sp³-hybridized carbons (Fsp3) is 0.481. The average molecular weight is 509 g/mol. The van der Waals surface area contributed by atoms with E-state index >= 15 is 0 Å². The van der Waals surface area contributed by atoms with E-state index in [4.69, 9.17) is 4.74 Å². The number of fused-ring (bicyclic) bond motifs is 1. The molecule has 0 saturated carbocycles. The molecule has 3 amide bonds. The zero-order chi connectivity index (χ0) is 26.3. The Bertz CT molecular complexity index is 1160. The lowest BCUT2D eigenvalue weighted by atomic mass is 9.76. The van der Waals surface area contributed by atoms with Gasteiger partial charge in [-0.15, -0.1) is 0 Å². The van der Waals surface area contributed by atoms with Crippen LogP contribution < -0.4 is 20.7 Å². The normalized spacial score (nSPS) is 22.2. The first-order valence-corrected chi connectivity index (χ1v) is 12.9. The Labute approximate surface area is 217 Å². The largest absolute Gasteiger partial charge is 0.489 e. The Kier molecular flexibility index (Phi) is 8.60. The highest BCUT2D eigenvalue weighted by molar-refractivity contribution is 5.97. The number of rotatable bonds is 4. The molecule has 1 saturated heterocycles. The number of likely N-dealkylation sites (tertiary alicyclic amines) is 1. The van der Waals surface area contributed by atoms with E-state index in [1.54, 1.807) is 22.9 Å². The molecule has 198 valence electrons. The third-order valence-corrected chi connectivity index (χ3v) is 6.89. The summed E-state index contributed by atoms with van der Waals surface area (Å²) < 4.78 is 7.63. The van der Waals surface area contributed by atoms with Crippen molar-refractivity contribution in [1.82, 2.24) is 25.3 Å². The Morgan fingerprint density at radius 2 is 2.00 bits per heavy atom. The van der Waals surface area contributed by atoms with Crippen LogP contribution in [0.15, 0.2) is 42.6 Å². The van der Waals surface area contributed by atoms with Gasteiger partial charge in [-0.1, -0.05) is 24.3 Å². The van der Waals surface area contributed by atoms with Gasteiger partial charge in [0.15, 0.2) is 0 Å². The number of nitrogens with zero attached hydrogens (tertiary/aromatic N) is 3. The number of para-hydroxylation sites is 1. The molecule has 0 radical (unpaired) electrons. The van der Waals surface area contributed by atoms with Gasteiger partial charge in [-0.3, -0.25) is 24.0 Å². The minimum absolute atomic E-state index is 0.0602. The third kappa shape index (κ3) is 6.56. The van der Waals surface area contributed by atoms with Crippen LogP contribution in [0.4, 0.5) is 5.69 Å². The lowest BCUT2D eigenvalue weighted by Gasteiger charge is -2.41. The van der Waals surface area contributed by atoms with Gasteiger partial charge >= 0.3 is 0 Å². The number of ether oxygens (including phenoxy) is 1. The van der Waals surface area contributed by atoms with Crippen LogP contribution in [-0.2, 0) is 16.1 Å². The number of nitrogens with one attached hydrogen (secondary N) is 3. The van der Waals surface area contributed by atoms with E-state index in [-0.39, 0.29) is 24.3 Å². The van der Waals surface area contributed by atoms with Crippen molar-refractivity contribution in [2.75, 3.05) is 44.6 Å². The van der Waals surface area contributed by atoms with Gasteiger partial charge < -0.3 is 20.7 Å². The highest BCUT2D eigenvalue weighted by Gasteiger charge is 2.41. The van der Waals surface area contributed by atoms with Crippen LogP contribution >= 0.6 is 0 Å². The predicted octanol–water partition coefficient (Wildman–Crippen LogP) is 2.12. The summed E-state index contributed by atoms with van der Waals surface area (Å²) in [7, 11) is 0. The van der Waals surface area contributed by atoms with Crippen molar-refractivity contribution in [3.63, 3.8) is 0 Å². The van der Waals surface area contributed by atoms with Crippen molar-refractivity contribution in [3.05, 3.63) is 53.9 Å². The number of hydrogen-bond acceptors (Lipinski definition) is 6. The second-order valence-corrected chi connectivity index (χ2v) is 9.62. The molecule has 10 nitrogen and oxygen atoms in total. The molecule has 1 spiro atoms. The second kappa shape index (κ2) is 12.1. The van der Waals surface area contributed by atoms with Crippen molar-refractivity contribution in [2.45, 2.75) is 39.7 Å². The number of amides is 3. The highest BCUT2D eigenvalue weighted by Crippen LogP contribution is 2.34. The molecule has 1 aromatic heterocycles. The number of benzene rings is 1. The summed E-state index contributed by atoms with van der Waals surface area (Å²) in [6.07, 6.45) is 7.76. The summed E-state index contributed by atoms with van der Waals surface area (Å²) in [5, 5.41) is 13.2. The summed E-state index contributed by atoms with van der Waals surface area (Å²) in [5.74, 6) is 0.0996. The zero-order valence-corrected chi connectivity index (χ0v) is 21.6. The molecule has 1 atom stereocenters. The number of aromatic nitrogens is 2. The van der Waals surface area contributed by atoms with Crippen LogP contribution in [-0.4, -0.2) is 71.7 Å². The lowest BCUT2D eigenvalue weighted by Crippen LogP contribution is -2.53. The molecule has 1 aromatic carbocycles. The molecule has 1 fully saturated rings. The summed E-state index contributed by atoms with van der Waals surface area (Å²) in [6.45, 7) is 6.93. The van der Waals surface area contributed by atoms with E-state index in [2.05, 4.69) is 21.0 Å². The standard InChI is InChI=1S/C27H36N6O4/c1-3-33-17-22(20(2)31-33)30-24(34)18-32-15-8-12-27(19-32)11-6-7-16-37-23-10-5-4-9-21(23)25(35)28-13-14-29-26(27)36/h4-7,9-10,17H,3,8,11-16,18-19H2,1-2H3,(H,28,35)(H,29,36)(H,30,34)/b7-6-. The molecule has 1 unspecified atom stereocenters. The maximum Gasteiger partial charge on any atom is 0.255 e. The predicted molar refractivity (Wildman–Crippen MR) is 140 cm³/mol. The Balaban J connectivity index is 1.43. The van der Waals surface area contributed by atoms with E-state index in [0.717, 1.165) is 31.6 Å². The Morgan fingerprint density at radius 3 is 2.81 bits per heavy atom. The first-order valence-electron chi connectivity index (χ1n) is 12.9. The smallest absolute Gasteiger partial charge is 0.255 e. The fourth-order valence-corrected chi connectivity index (χ4v) is 4.93. The highest BCUT2D eigenvalue weighted by atomic mass is 16.5. The first kappa shape index (κ1) is 26.4. The van der Waals surface area contributed by atoms with Crippen LogP contribution in [0.2, 0.25) is 0 Å². The molecule has 0 bridgehead atoms. The number of carbonyl (C=O) groups excluding carboxylic acids is 3. The van der Waals surface area contributed by atoms with Crippen LogP contribution in [0.25, 0.3) is 0 Å². The minimum Gasteiger partial charge on any atom is -0.489 e. The third-order valence-electron chi connectivity index (χ3n) is 6.89. The van der Waals surface area contributed by atoms with Crippen LogP contribution in [0.1, 0.15) is 42.2 Å². The van der Waals surface area contributed by atoms with E-state index in [1.165, 1.54) is 0 Å². The van der Waals surface area contributed by atoms with Crippen LogP contribution in [0.5, 0.6) is 5.75 Å². The van der Waals surface area contributed by atoms with Gasteiger partial charge in [-0.05, 0) is 51.8 Å². The van der Waals surface area contributed by atoms with Gasteiger partial charge in [0.05, 0.1) is 28.9 Å². The molecule has 10 heteroatoms. The maximum absolute atomic E-state index is 13.4. The molecule has 2 aliphatic heterocycles. The van der Waals surface area contributed by atoms with Gasteiger partial charge in [0, 0.05) is 32.4 Å². The summed E-state index contributed by atoms with van der Waals surface area (Å²) in [4.78, 5) is 40.9. The van der Waals surface area contributed by atoms with Crippen LogP contribution in [0.3, 0.4) is 0 Å². The van der Waals surface area contributed by atoms with E-state index < -0.39 is 5.41 Å². The number of allylic oxidation sites excluding steroid dienone is 1. The van der Waals surface area contributed by atoms with E-state index in [9.17, 15) is 14.4 Å². The Morgan fingerprint density at radius 1 is 1.19 bits per heavy atom. The second-order valence-electron chi connectivity index (χ2n) is 9.62. The fourth-order valence-electron chi connectivity index (χ4n) is 4.93. The van der Waals surface area contributed by atoms with E-state index in [0.29, 0.717) is 49.7 Å². The molecule has 37 heavy (non-hydrogen) atoms. The van der Waals surface area contributed by atoms with Crippen molar-refractivity contribution in [2.24, 2.45) is 5.41 Å². The molecule has 3 N–H and O–H groups in total. The number of hydrogen-bond donors (Lipinski definition) is 3. The average Bonchev–Trinajstić information content (AvgIpc) is 3.25. The Hall–Kier alpha value is -3.66. The molecule has 4 rings (SSSR count). The molecule has 2 aromatic rings. The SMILES string of the molecule is CCn1cc(NC(=O)CN2CCCC3(C/C=C\COc4ccccc4C(=O)NCCNC3=O)C2)c(C)n1. The molecule has 2 aliphatic rings. The summed E-state index contributed by atoms with van der Waals surface area (Å²) in [6, 6.07) is 7.12. The summed E-state index contributed by atoms with van der Waals surface area (Å²) >= 11 is 0. The minimum atomic E-state index is -0.663. The number of carbonyl (C=O) groups is 3. The molecular formula is C27H36N6O4. The number of piperidine rings is 1. The first-order chi connectivity index (χ1) is 17.9. The van der Waals surface area contributed by atoms with Gasteiger partial charge in [0.2, 0.25) is 11.8 Å². The number of anilines is 1. The molecule has 3 heterocycles. The monoisotopic (exact) mass is 508 g/mol. The van der Waals surface area contributed by atoms with Crippen molar-refractivity contribution >= 4 is 23.4 Å². The van der Waals surface area contributed by atoms with Crippen molar-refractivity contribution < 1.29 is 19.1 Å². The van der Waals surface area contributed by atoms with Crippen LogP contribution in [0, 0.1) is 12.3 Å². The van der Waals surface area contributed by atoms with Crippen molar-refractivity contribution in [3.8, 4) is 5.75 Å². The molecule has 0 aliphatic carbocycles. The van der Waals surface area contributed by atoms with Gasteiger partial charge in [-0.2, -0.15) is 5.10 Å². The van der Waals surface area contributed by atoms with Gasteiger partial charge in [-0.25, -0.2) is 0 Å².